The number of nitrogens with zero attached hydrogens (tertiary/aromatic N) is 1. The first-order valence-electron chi connectivity index (χ1n) is 5.73. The van der Waals surface area contributed by atoms with Gasteiger partial charge in [0.05, 0.1) is 0 Å². The van der Waals surface area contributed by atoms with Gasteiger partial charge in [-0.1, -0.05) is 19.8 Å². The van der Waals surface area contributed by atoms with Crippen LogP contribution in [0.2, 0.25) is 0 Å². The smallest absolute Gasteiger partial charge is 0.244 e. The summed E-state index contributed by atoms with van der Waals surface area (Å²) in [6.07, 6.45) is 3.75. The van der Waals surface area contributed by atoms with Gasteiger partial charge in [0.2, 0.25) is 11.8 Å². The van der Waals surface area contributed by atoms with E-state index in [4.69, 9.17) is 0 Å². The second-order valence-corrected chi connectivity index (χ2v) is 4.07. The number of carbonyl (C=O) groups excluding carboxylic acids is 2. The van der Waals surface area contributed by atoms with Crippen LogP contribution in [0.1, 0.15) is 39.5 Å². The molecule has 0 aromatic rings. The van der Waals surface area contributed by atoms with E-state index in [9.17, 15) is 9.59 Å². The first-order chi connectivity index (χ1) is 7.15. The van der Waals surface area contributed by atoms with Crippen LogP contribution in [-0.4, -0.2) is 35.8 Å². The van der Waals surface area contributed by atoms with Gasteiger partial charge in [0.1, 0.15) is 6.04 Å². The second-order valence-electron chi connectivity index (χ2n) is 4.07. The quantitative estimate of drug-likeness (QED) is 0.704. The summed E-state index contributed by atoms with van der Waals surface area (Å²) in [6, 6.07) is -0.360. The van der Waals surface area contributed by atoms with Gasteiger partial charge in [-0.15, -0.1) is 0 Å². The van der Waals surface area contributed by atoms with Crippen LogP contribution in [-0.2, 0) is 9.59 Å². The summed E-state index contributed by atoms with van der Waals surface area (Å²) in [7, 11) is 0. The van der Waals surface area contributed by atoms with Crippen LogP contribution in [0.5, 0.6) is 0 Å². The number of rotatable bonds is 4. The summed E-state index contributed by atoms with van der Waals surface area (Å²) < 4.78 is 0. The van der Waals surface area contributed by atoms with Gasteiger partial charge in [-0.3, -0.25) is 9.59 Å². The van der Waals surface area contributed by atoms with Crippen molar-refractivity contribution in [3.63, 3.8) is 0 Å². The number of carbonyl (C=O) groups is 2. The molecule has 1 aliphatic rings. The number of amides is 2. The molecule has 2 amide bonds. The van der Waals surface area contributed by atoms with Crippen molar-refractivity contribution in [3.8, 4) is 0 Å². The van der Waals surface area contributed by atoms with Crippen LogP contribution in [0.25, 0.3) is 0 Å². The van der Waals surface area contributed by atoms with Crippen molar-refractivity contribution in [3.05, 3.63) is 0 Å². The minimum absolute atomic E-state index is 0.0196. The Morgan fingerprint density at radius 2 is 2.13 bits per heavy atom. The number of hydrogen-bond acceptors (Lipinski definition) is 2. The summed E-state index contributed by atoms with van der Waals surface area (Å²) in [5.41, 5.74) is 0. The Balaban J connectivity index is 2.47. The molecule has 0 aromatic heterocycles. The fourth-order valence-electron chi connectivity index (χ4n) is 1.77. The molecule has 15 heavy (non-hydrogen) atoms. The molecular weight excluding hydrogens is 192 g/mol. The largest absolute Gasteiger partial charge is 0.345 e. The molecule has 4 nitrogen and oxygen atoms in total. The minimum Gasteiger partial charge on any atom is -0.345 e. The summed E-state index contributed by atoms with van der Waals surface area (Å²) in [5.74, 6) is 0.0331. The van der Waals surface area contributed by atoms with Gasteiger partial charge in [-0.2, -0.15) is 0 Å². The van der Waals surface area contributed by atoms with E-state index in [1.165, 1.54) is 0 Å². The van der Waals surface area contributed by atoms with Gasteiger partial charge in [-0.25, -0.2) is 0 Å². The lowest BCUT2D eigenvalue weighted by Crippen LogP contribution is -2.42. The van der Waals surface area contributed by atoms with E-state index < -0.39 is 0 Å². The molecule has 86 valence electrons. The summed E-state index contributed by atoms with van der Waals surface area (Å²) in [5, 5.41) is 2.68. The molecule has 4 heteroatoms. The Bertz CT molecular complexity index is 241. The topological polar surface area (TPSA) is 49.4 Å². The zero-order chi connectivity index (χ0) is 11.3. The Hall–Kier alpha value is -1.06. The van der Waals surface area contributed by atoms with Gasteiger partial charge in [0, 0.05) is 19.5 Å². The van der Waals surface area contributed by atoms with Crippen molar-refractivity contribution >= 4 is 11.8 Å². The Morgan fingerprint density at radius 3 is 2.80 bits per heavy atom. The standard InChI is InChI=1S/C11H20N2O2/c1-3-4-5-7-13-8-6-10(14)12-9(2)11(13)15/h9H,3-8H2,1-2H3,(H,12,14). The van der Waals surface area contributed by atoms with E-state index >= 15 is 0 Å². The van der Waals surface area contributed by atoms with Crippen molar-refractivity contribution in [1.29, 1.82) is 0 Å². The molecule has 0 spiro atoms. The maximum atomic E-state index is 11.8. The molecule has 0 bridgehead atoms. The first-order valence-corrected chi connectivity index (χ1v) is 5.73. The predicted molar refractivity (Wildman–Crippen MR) is 58.3 cm³/mol. The lowest BCUT2D eigenvalue weighted by molar-refractivity contribution is -0.133. The fourth-order valence-corrected chi connectivity index (χ4v) is 1.77. The zero-order valence-electron chi connectivity index (χ0n) is 9.58. The SMILES string of the molecule is CCCCCN1CCC(=O)NC(C)C1=O. The third-order valence-electron chi connectivity index (χ3n) is 2.70. The lowest BCUT2D eigenvalue weighted by atomic mass is 10.2. The normalized spacial score (nSPS) is 22.5. The number of nitrogens with one attached hydrogen (secondary N) is 1. The van der Waals surface area contributed by atoms with E-state index in [0.717, 1.165) is 25.8 Å². The van der Waals surface area contributed by atoms with Crippen LogP contribution in [0.3, 0.4) is 0 Å². The second kappa shape index (κ2) is 5.73. The molecule has 1 unspecified atom stereocenters. The van der Waals surface area contributed by atoms with Crippen LogP contribution < -0.4 is 5.32 Å². The van der Waals surface area contributed by atoms with E-state index in [0.29, 0.717) is 13.0 Å². The molecule has 1 fully saturated rings. The van der Waals surface area contributed by atoms with Crippen LogP contribution in [0, 0.1) is 0 Å². The van der Waals surface area contributed by atoms with Gasteiger partial charge in [0.15, 0.2) is 0 Å². The van der Waals surface area contributed by atoms with Gasteiger partial charge < -0.3 is 10.2 Å². The third-order valence-corrected chi connectivity index (χ3v) is 2.70. The lowest BCUT2D eigenvalue weighted by Gasteiger charge is -2.21. The van der Waals surface area contributed by atoms with E-state index in [1.54, 1.807) is 11.8 Å². The molecule has 0 saturated carbocycles. The van der Waals surface area contributed by atoms with Crippen LogP contribution >= 0.6 is 0 Å². The molecule has 0 aliphatic carbocycles. The van der Waals surface area contributed by atoms with Crippen molar-refractivity contribution < 1.29 is 9.59 Å². The maximum absolute atomic E-state index is 11.8. The highest BCUT2D eigenvalue weighted by atomic mass is 16.2. The highest BCUT2D eigenvalue weighted by Gasteiger charge is 2.25. The summed E-state index contributed by atoms with van der Waals surface area (Å²) in [4.78, 5) is 24.8. The Labute approximate surface area is 91.0 Å². The van der Waals surface area contributed by atoms with Gasteiger partial charge in [-0.05, 0) is 13.3 Å². The Morgan fingerprint density at radius 1 is 1.40 bits per heavy atom. The average molecular weight is 212 g/mol. The summed E-state index contributed by atoms with van der Waals surface area (Å²) >= 11 is 0. The molecule has 1 heterocycles. The third kappa shape index (κ3) is 3.53. The average Bonchev–Trinajstić information content (AvgIpc) is 2.31. The van der Waals surface area contributed by atoms with Crippen molar-refractivity contribution in [2.75, 3.05) is 13.1 Å². The summed E-state index contributed by atoms with van der Waals surface area (Å²) in [6.45, 7) is 5.24. The van der Waals surface area contributed by atoms with Crippen LogP contribution in [0.15, 0.2) is 0 Å². The maximum Gasteiger partial charge on any atom is 0.244 e. The van der Waals surface area contributed by atoms with Crippen molar-refractivity contribution in [2.45, 2.75) is 45.6 Å². The molecule has 1 atom stereocenters. The van der Waals surface area contributed by atoms with Gasteiger partial charge in [0.25, 0.3) is 0 Å². The highest BCUT2D eigenvalue weighted by molar-refractivity contribution is 5.89. The number of unbranched alkanes of at least 4 members (excludes halogenated alkanes) is 2. The van der Waals surface area contributed by atoms with Crippen LogP contribution in [0.4, 0.5) is 0 Å². The zero-order valence-corrected chi connectivity index (χ0v) is 9.58. The molecule has 1 saturated heterocycles. The molecule has 1 aliphatic heterocycles. The van der Waals surface area contributed by atoms with E-state index in [2.05, 4.69) is 12.2 Å². The molecular formula is C11H20N2O2. The molecule has 1 rings (SSSR count). The fraction of sp³-hybridized carbons (Fsp3) is 0.818. The first kappa shape index (κ1) is 12.0. The molecule has 0 aromatic carbocycles. The monoisotopic (exact) mass is 212 g/mol. The molecule has 1 N–H and O–H groups in total. The number of hydrogen-bond donors (Lipinski definition) is 1. The van der Waals surface area contributed by atoms with Crippen molar-refractivity contribution in [2.24, 2.45) is 0 Å². The minimum atomic E-state index is -0.360. The predicted octanol–water partition coefficient (Wildman–Crippen LogP) is 0.914. The van der Waals surface area contributed by atoms with E-state index in [-0.39, 0.29) is 17.9 Å². The van der Waals surface area contributed by atoms with Gasteiger partial charge >= 0.3 is 0 Å². The molecule has 0 radical (unpaired) electrons. The van der Waals surface area contributed by atoms with Crippen molar-refractivity contribution in [1.82, 2.24) is 10.2 Å². The highest BCUT2D eigenvalue weighted by Crippen LogP contribution is 2.06. The Kier molecular flexibility index (Phi) is 4.59. The van der Waals surface area contributed by atoms with E-state index in [1.807, 2.05) is 0 Å².